The number of carbonyl (C=O) groups is 1. The van der Waals surface area contributed by atoms with E-state index in [1.54, 1.807) is 0 Å². The summed E-state index contributed by atoms with van der Waals surface area (Å²) in [7, 11) is 0.883. The highest BCUT2D eigenvalue weighted by Gasteiger charge is 2.33. The Labute approximate surface area is 105 Å². The smallest absolute Gasteiger partial charge is 0.406 e. The largest absolute Gasteiger partial charge is 0.502 e. The van der Waals surface area contributed by atoms with E-state index < -0.39 is 40.6 Å². The lowest BCUT2D eigenvalue weighted by Gasteiger charge is -2.19. The van der Waals surface area contributed by atoms with Crippen molar-refractivity contribution in [3.05, 3.63) is 33.9 Å². The molecule has 1 aromatic rings. The third-order valence-electron chi connectivity index (χ3n) is 2.20. The standard InChI is InChI=1S/C10H9F3N2O4/c1-14(5-10(11,12)13)9(17)6-3-2-4-7(8(6)16)15(18)19/h2-4,16H,5H2,1H3. The van der Waals surface area contributed by atoms with Crippen LogP contribution >= 0.6 is 0 Å². The van der Waals surface area contributed by atoms with Crippen LogP contribution in [0.5, 0.6) is 5.75 Å². The monoisotopic (exact) mass is 278 g/mol. The number of nitro groups is 1. The second-order valence-electron chi connectivity index (χ2n) is 3.71. The van der Waals surface area contributed by atoms with Gasteiger partial charge in [0.25, 0.3) is 5.91 Å². The van der Waals surface area contributed by atoms with Crippen molar-refractivity contribution < 1.29 is 28.0 Å². The molecule has 0 saturated carbocycles. The first kappa shape index (κ1) is 14.7. The molecule has 0 spiro atoms. The predicted molar refractivity (Wildman–Crippen MR) is 57.8 cm³/mol. The Morgan fingerprint density at radius 2 is 2.05 bits per heavy atom. The van der Waals surface area contributed by atoms with Crippen molar-refractivity contribution >= 4 is 11.6 Å². The molecule has 0 aromatic heterocycles. The number of nitrogens with zero attached hydrogens (tertiary/aromatic N) is 2. The van der Waals surface area contributed by atoms with Gasteiger partial charge in [0.1, 0.15) is 6.54 Å². The van der Waals surface area contributed by atoms with E-state index in [-0.39, 0.29) is 0 Å². The van der Waals surface area contributed by atoms with Crippen LogP contribution in [0.25, 0.3) is 0 Å². The number of nitro benzene ring substituents is 1. The molecule has 0 heterocycles. The minimum Gasteiger partial charge on any atom is -0.502 e. The fourth-order valence-electron chi connectivity index (χ4n) is 1.40. The summed E-state index contributed by atoms with van der Waals surface area (Å²) < 4.78 is 36.4. The molecular weight excluding hydrogens is 269 g/mol. The van der Waals surface area contributed by atoms with Crippen LogP contribution in [0.2, 0.25) is 0 Å². The topological polar surface area (TPSA) is 83.7 Å². The molecule has 1 N–H and O–H groups in total. The number of phenolic OH excluding ortho intramolecular Hbond substituents is 1. The summed E-state index contributed by atoms with van der Waals surface area (Å²) in [5.74, 6) is -2.11. The van der Waals surface area contributed by atoms with Crippen molar-refractivity contribution in [3.63, 3.8) is 0 Å². The van der Waals surface area contributed by atoms with Gasteiger partial charge in [-0.05, 0) is 6.07 Å². The quantitative estimate of drug-likeness (QED) is 0.676. The minimum atomic E-state index is -4.60. The highest BCUT2D eigenvalue weighted by atomic mass is 19.4. The van der Waals surface area contributed by atoms with Crippen LogP contribution < -0.4 is 0 Å². The Morgan fingerprint density at radius 1 is 1.47 bits per heavy atom. The van der Waals surface area contributed by atoms with Crippen LogP contribution in [0.3, 0.4) is 0 Å². The van der Waals surface area contributed by atoms with Gasteiger partial charge in [-0.15, -0.1) is 0 Å². The average molecular weight is 278 g/mol. The second-order valence-corrected chi connectivity index (χ2v) is 3.71. The van der Waals surface area contributed by atoms with E-state index in [9.17, 15) is 33.2 Å². The van der Waals surface area contributed by atoms with E-state index in [1.807, 2.05) is 0 Å². The van der Waals surface area contributed by atoms with Crippen molar-refractivity contribution in [1.29, 1.82) is 0 Å². The molecule has 104 valence electrons. The number of amides is 1. The molecule has 0 fully saturated rings. The third-order valence-corrected chi connectivity index (χ3v) is 2.20. The molecule has 1 amide bonds. The van der Waals surface area contributed by atoms with Gasteiger partial charge >= 0.3 is 11.9 Å². The number of phenols is 1. The third kappa shape index (κ3) is 3.57. The molecule has 0 radical (unpaired) electrons. The molecule has 1 rings (SSSR count). The van der Waals surface area contributed by atoms with Gasteiger partial charge in [-0.1, -0.05) is 6.07 Å². The number of para-hydroxylation sites is 1. The Morgan fingerprint density at radius 3 is 2.53 bits per heavy atom. The van der Waals surface area contributed by atoms with E-state index in [0.717, 1.165) is 25.2 Å². The predicted octanol–water partition coefficient (Wildman–Crippen LogP) is 1.93. The molecule has 0 aliphatic rings. The van der Waals surface area contributed by atoms with Gasteiger partial charge < -0.3 is 10.0 Å². The molecule has 6 nitrogen and oxygen atoms in total. The Balaban J connectivity index is 3.07. The van der Waals surface area contributed by atoms with Gasteiger partial charge in [0.15, 0.2) is 0 Å². The number of carbonyl (C=O) groups excluding carboxylic acids is 1. The van der Waals surface area contributed by atoms with Crippen LogP contribution in [-0.4, -0.2) is 40.6 Å². The molecule has 0 atom stereocenters. The van der Waals surface area contributed by atoms with Crippen LogP contribution in [-0.2, 0) is 0 Å². The van der Waals surface area contributed by atoms with Crippen molar-refractivity contribution in [2.45, 2.75) is 6.18 Å². The summed E-state index contributed by atoms with van der Waals surface area (Å²) in [6.45, 7) is -1.52. The van der Waals surface area contributed by atoms with E-state index >= 15 is 0 Å². The van der Waals surface area contributed by atoms with Crippen LogP contribution in [0.4, 0.5) is 18.9 Å². The van der Waals surface area contributed by atoms with E-state index in [0.29, 0.717) is 4.90 Å². The van der Waals surface area contributed by atoms with Gasteiger partial charge in [0.05, 0.1) is 10.5 Å². The molecule has 0 saturated heterocycles. The van der Waals surface area contributed by atoms with Gasteiger partial charge in [0, 0.05) is 13.1 Å². The van der Waals surface area contributed by atoms with Gasteiger partial charge in [-0.2, -0.15) is 13.2 Å². The Kier molecular flexibility index (Phi) is 3.98. The normalized spacial score (nSPS) is 11.2. The number of hydrogen-bond donors (Lipinski definition) is 1. The number of halogens is 3. The zero-order valence-corrected chi connectivity index (χ0v) is 9.64. The number of alkyl halides is 3. The van der Waals surface area contributed by atoms with Crippen molar-refractivity contribution in [2.75, 3.05) is 13.6 Å². The van der Waals surface area contributed by atoms with Crippen molar-refractivity contribution in [2.24, 2.45) is 0 Å². The van der Waals surface area contributed by atoms with Gasteiger partial charge in [-0.25, -0.2) is 0 Å². The van der Waals surface area contributed by atoms with Gasteiger partial charge in [0.2, 0.25) is 5.75 Å². The SMILES string of the molecule is CN(CC(F)(F)F)C(=O)c1cccc([N+](=O)[O-])c1O. The first-order valence-electron chi connectivity index (χ1n) is 4.92. The Hall–Kier alpha value is -2.32. The molecular formula is C10H9F3N2O4. The maximum Gasteiger partial charge on any atom is 0.406 e. The van der Waals surface area contributed by atoms with Crippen LogP contribution in [0.15, 0.2) is 18.2 Å². The Bertz CT molecular complexity index is 516. The summed E-state index contributed by atoms with van der Waals surface area (Å²) in [5.41, 5.74) is -1.30. The first-order valence-corrected chi connectivity index (χ1v) is 4.92. The summed E-state index contributed by atoms with van der Waals surface area (Å²) >= 11 is 0. The minimum absolute atomic E-state index is 0.318. The highest BCUT2D eigenvalue weighted by Crippen LogP contribution is 2.30. The number of rotatable bonds is 3. The average Bonchev–Trinajstić information content (AvgIpc) is 2.25. The number of hydrogen-bond acceptors (Lipinski definition) is 4. The highest BCUT2D eigenvalue weighted by molar-refractivity contribution is 5.97. The lowest BCUT2D eigenvalue weighted by Crippen LogP contribution is -2.35. The first-order chi connectivity index (χ1) is 8.63. The summed E-state index contributed by atoms with van der Waals surface area (Å²) in [4.78, 5) is 21.6. The second kappa shape index (κ2) is 5.12. The van der Waals surface area contributed by atoms with Crippen LogP contribution in [0, 0.1) is 10.1 Å². The van der Waals surface area contributed by atoms with Crippen molar-refractivity contribution in [1.82, 2.24) is 4.90 Å². The molecule has 1 aromatic carbocycles. The van der Waals surface area contributed by atoms with E-state index in [4.69, 9.17) is 0 Å². The maximum atomic E-state index is 12.1. The fraction of sp³-hybridized carbons (Fsp3) is 0.300. The lowest BCUT2D eigenvalue weighted by molar-refractivity contribution is -0.385. The van der Waals surface area contributed by atoms with Gasteiger partial charge in [-0.3, -0.25) is 14.9 Å². The number of aromatic hydroxyl groups is 1. The summed E-state index contributed by atoms with van der Waals surface area (Å²) in [5, 5.41) is 20.0. The van der Waals surface area contributed by atoms with E-state index in [1.165, 1.54) is 0 Å². The molecule has 19 heavy (non-hydrogen) atoms. The maximum absolute atomic E-state index is 12.1. The fourth-order valence-corrected chi connectivity index (χ4v) is 1.40. The molecule has 0 unspecified atom stereocenters. The molecule has 9 heteroatoms. The molecule has 0 bridgehead atoms. The summed E-state index contributed by atoms with van der Waals surface area (Å²) in [6.07, 6.45) is -4.60. The zero-order valence-electron chi connectivity index (χ0n) is 9.64. The molecule has 0 aliphatic heterocycles. The van der Waals surface area contributed by atoms with Crippen molar-refractivity contribution in [3.8, 4) is 5.75 Å². The molecule has 0 aliphatic carbocycles. The lowest BCUT2D eigenvalue weighted by atomic mass is 10.1. The zero-order chi connectivity index (χ0) is 14.8. The van der Waals surface area contributed by atoms with Crippen LogP contribution in [0.1, 0.15) is 10.4 Å². The number of benzene rings is 1. The van der Waals surface area contributed by atoms with E-state index in [2.05, 4.69) is 0 Å². The summed E-state index contributed by atoms with van der Waals surface area (Å²) in [6, 6.07) is 3.06.